The van der Waals surface area contributed by atoms with Crippen LogP contribution >= 0.6 is 0 Å². The van der Waals surface area contributed by atoms with Crippen LogP contribution in [0.15, 0.2) is 59.1 Å². The zero-order chi connectivity index (χ0) is 22.2. The number of piperazine rings is 1. The largest absolute Gasteiger partial charge is 0.493 e. The summed E-state index contributed by atoms with van der Waals surface area (Å²) in [7, 11) is 3.26. The number of methoxy groups -OCH3 is 2. The van der Waals surface area contributed by atoms with E-state index in [4.69, 9.17) is 14.0 Å². The van der Waals surface area contributed by atoms with Crippen LogP contribution in [0.3, 0.4) is 0 Å². The van der Waals surface area contributed by atoms with Crippen molar-refractivity contribution in [3.8, 4) is 11.5 Å². The third-order valence-electron chi connectivity index (χ3n) is 5.62. The Morgan fingerprint density at radius 1 is 0.938 bits per heavy atom. The Morgan fingerprint density at radius 3 is 2.44 bits per heavy atom. The fourth-order valence-corrected chi connectivity index (χ4v) is 3.82. The first-order chi connectivity index (χ1) is 15.7. The molecule has 0 saturated carbocycles. The van der Waals surface area contributed by atoms with Crippen LogP contribution in [-0.2, 0) is 13.0 Å². The average molecular weight is 435 g/mol. The maximum atomic E-state index is 5.50. The summed E-state index contributed by atoms with van der Waals surface area (Å²) in [5.41, 5.74) is 2.29. The van der Waals surface area contributed by atoms with E-state index in [2.05, 4.69) is 56.4 Å². The van der Waals surface area contributed by atoms with Gasteiger partial charge < -0.3 is 14.0 Å². The molecule has 0 aliphatic carbocycles. The summed E-state index contributed by atoms with van der Waals surface area (Å²) in [6, 6.07) is 16.2. The Kier molecular flexibility index (Phi) is 7.53. The highest BCUT2D eigenvalue weighted by Gasteiger charge is 2.18. The van der Waals surface area contributed by atoms with Crippen molar-refractivity contribution in [3.05, 3.63) is 77.4 Å². The number of benzene rings is 2. The van der Waals surface area contributed by atoms with Crippen molar-refractivity contribution >= 4 is 6.08 Å². The monoisotopic (exact) mass is 434 g/mol. The predicted molar refractivity (Wildman–Crippen MR) is 124 cm³/mol. The number of hydrogen-bond acceptors (Lipinski definition) is 7. The SMILES string of the molecule is COc1ccc(Cc2noc(CN3CCN(C/C=C/c4ccccc4)CC3)n2)cc1OC. The first-order valence-electron chi connectivity index (χ1n) is 10.9. The van der Waals surface area contributed by atoms with E-state index in [9.17, 15) is 0 Å². The molecular weight excluding hydrogens is 404 g/mol. The molecule has 2 heterocycles. The molecule has 0 N–H and O–H groups in total. The molecule has 1 aliphatic rings. The van der Waals surface area contributed by atoms with Gasteiger partial charge >= 0.3 is 0 Å². The lowest BCUT2D eigenvalue weighted by Gasteiger charge is -2.33. The molecule has 1 aromatic heterocycles. The van der Waals surface area contributed by atoms with E-state index in [0.717, 1.165) is 38.3 Å². The minimum Gasteiger partial charge on any atom is -0.493 e. The topological polar surface area (TPSA) is 63.9 Å². The van der Waals surface area contributed by atoms with Crippen molar-refractivity contribution in [1.29, 1.82) is 0 Å². The Labute approximate surface area is 189 Å². The first-order valence-corrected chi connectivity index (χ1v) is 10.9. The van der Waals surface area contributed by atoms with E-state index < -0.39 is 0 Å². The maximum Gasteiger partial charge on any atom is 0.240 e. The zero-order valence-corrected chi connectivity index (χ0v) is 18.7. The van der Waals surface area contributed by atoms with Gasteiger partial charge in [0.15, 0.2) is 17.3 Å². The van der Waals surface area contributed by atoms with Gasteiger partial charge in [-0.15, -0.1) is 0 Å². The van der Waals surface area contributed by atoms with Crippen molar-refractivity contribution in [2.24, 2.45) is 0 Å². The molecule has 0 spiro atoms. The molecule has 4 rings (SSSR count). The van der Waals surface area contributed by atoms with Gasteiger partial charge in [0.2, 0.25) is 5.89 Å². The minimum atomic E-state index is 0.589. The second-order valence-electron chi connectivity index (χ2n) is 7.86. The van der Waals surface area contributed by atoms with Crippen LogP contribution in [0.2, 0.25) is 0 Å². The van der Waals surface area contributed by atoms with E-state index in [1.54, 1.807) is 14.2 Å². The van der Waals surface area contributed by atoms with Crippen LogP contribution in [0, 0.1) is 0 Å². The summed E-state index contributed by atoms with van der Waals surface area (Å²) in [6.45, 7) is 5.71. The quantitative estimate of drug-likeness (QED) is 0.511. The minimum absolute atomic E-state index is 0.589. The standard InChI is InChI=1S/C25H30N4O3/c1-30-22-11-10-21(17-23(22)31-2)18-24-26-25(32-27-24)19-29-15-13-28(14-16-29)12-6-9-20-7-4-3-5-8-20/h3-11,17H,12-16,18-19H2,1-2H3/b9-6+. The molecule has 0 amide bonds. The smallest absolute Gasteiger partial charge is 0.240 e. The van der Waals surface area contributed by atoms with Crippen molar-refractivity contribution < 1.29 is 14.0 Å². The Morgan fingerprint density at radius 2 is 1.69 bits per heavy atom. The molecule has 2 aromatic carbocycles. The molecular formula is C25H30N4O3. The second kappa shape index (κ2) is 10.9. The van der Waals surface area contributed by atoms with E-state index >= 15 is 0 Å². The lowest BCUT2D eigenvalue weighted by Crippen LogP contribution is -2.45. The van der Waals surface area contributed by atoms with E-state index in [1.165, 1.54) is 5.56 Å². The molecule has 0 atom stereocenters. The lowest BCUT2D eigenvalue weighted by molar-refractivity contribution is 0.125. The van der Waals surface area contributed by atoms with Gasteiger partial charge in [-0.1, -0.05) is 53.7 Å². The van der Waals surface area contributed by atoms with Crippen LogP contribution in [0.1, 0.15) is 22.8 Å². The van der Waals surface area contributed by atoms with Crippen LogP contribution in [-0.4, -0.2) is 66.9 Å². The van der Waals surface area contributed by atoms with Crippen LogP contribution < -0.4 is 9.47 Å². The van der Waals surface area contributed by atoms with Gasteiger partial charge in [-0.3, -0.25) is 9.80 Å². The van der Waals surface area contributed by atoms with E-state index in [1.807, 2.05) is 24.3 Å². The van der Waals surface area contributed by atoms with Crippen molar-refractivity contribution in [1.82, 2.24) is 19.9 Å². The molecule has 0 unspecified atom stereocenters. The lowest BCUT2D eigenvalue weighted by atomic mass is 10.1. The fraction of sp³-hybridized carbons (Fsp3) is 0.360. The number of aromatic nitrogens is 2. The summed E-state index contributed by atoms with van der Waals surface area (Å²) in [6.07, 6.45) is 5.01. The molecule has 1 fully saturated rings. The number of nitrogens with zero attached hydrogens (tertiary/aromatic N) is 4. The number of ether oxygens (including phenoxy) is 2. The van der Waals surface area contributed by atoms with Crippen molar-refractivity contribution in [3.63, 3.8) is 0 Å². The Bertz CT molecular complexity index is 1010. The van der Waals surface area contributed by atoms with Crippen molar-refractivity contribution in [2.75, 3.05) is 46.9 Å². The third kappa shape index (κ3) is 5.96. The molecule has 168 valence electrons. The summed E-state index contributed by atoms with van der Waals surface area (Å²) < 4.78 is 16.2. The third-order valence-corrected chi connectivity index (χ3v) is 5.62. The normalized spacial score (nSPS) is 15.3. The van der Waals surface area contributed by atoms with Crippen LogP contribution in [0.4, 0.5) is 0 Å². The molecule has 0 bridgehead atoms. The van der Waals surface area contributed by atoms with E-state index in [0.29, 0.717) is 36.2 Å². The highest BCUT2D eigenvalue weighted by atomic mass is 16.5. The molecule has 0 radical (unpaired) electrons. The number of rotatable bonds is 9. The maximum absolute atomic E-state index is 5.50. The first kappa shape index (κ1) is 22.0. The van der Waals surface area contributed by atoms with Gasteiger partial charge in [0.1, 0.15) is 0 Å². The average Bonchev–Trinajstić information content (AvgIpc) is 3.27. The fourth-order valence-electron chi connectivity index (χ4n) is 3.82. The molecule has 1 saturated heterocycles. The summed E-state index contributed by atoms with van der Waals surface area (Å²) in [5.74, 6) is 2.75. The zero-order valence-electron chi connectivity index (χ0n) is 18.7. The molecule has 1 aliphatic heterocycles. The van der Waals surface area contributed by atoms with Gasteiger partial charge in [-0.2, -0.15) is 4.98 Å². The predicted octanol–water partition coefficient (Wildman–Crippen LogP) is 3.51. The van der Waals surface area contributed by atoms with Gasteiger partial charge in [0.25, 0.3) is 0 Å². The summed E-state index contributed by atoms with van der Waals surface area (Å²) in [5, 5.41) is 4.15. The van der Waals surface area contributed by atoms with E-state index in [-0.39, 0.29) is 0 Å². The van der Waals surface area contributed by atoms with Crippen LogP contribution in [0.25, 0.3) is 6.08 Å². The van der Waals surface area contributed by atoms with Crippen molar-refractivity contribution in [2.45, 2.75) is 13.0 Å². The Hall–Kier alpha value is -3.16. The molecule has 32 heavy (non-hydrogen) atoms. The number of hydrogen-bond donors (Lipinski definition) is 0. The van der Waals surface area contributed by atoms with Gasteiger partial charge in [-0.05, 0) is 23.3 Å². The highest BCUT2D eigenvalue weighted by Crippen LogP contribution is 2.28. The van der Waals surface area contributed by atoms with Crippen LogP contribution in [0.5, 0.6) is 11.5 Å². The Balaban J connectivity index is 1.23. The van der Waals surface area contributed by atoms with Gasteiger partial charge in [-0.25, -0.2) is 0 Å². The van der Waals surface area contributed by atoms with Gasteiger partial charge in [0, 0.05) is 39.1 Å². The summed E-state index contributed by atoms with van der Waals surface area (Å²) >= 11 is 0. The summed E-state index contributed by atoms with van der Waals surface area (Å²) in [4.78, 5) is 9.41. The van der Waals surface area contributed by atoms with Gasteiger partial charge in [0.05, 0.1) is 20.8 Å². The molecule has 3 aromatic rings. The molecule has 7 nitrogen and oxygen atoms in total. The molecule has 7 heteroatoms. The highest BCUT2D eigenvalue weighted by molar-refractivity contribution is 5.48. The second-order valence-corrected chi connectivity index (χ2v) is 7.86.